The molecule has 1 aromatic carbocycles. The Morgan fingerprint density at radius 3 is 3.12 bits per heavy atom. The summed E-state index contributed by atoms with van der Waals surface area (Å²) in [6, 6.07) is 7.61. The van der Waals surface area contributed by atoms with E-state index < -0.39 is 0 Å². The number of nitrogens with zero attached hydrogens (tertiary/aromatic N) is 2. The van der Waals surface area contributed by atoms with Gasteiger partial charge in [-0.05, 0) is 12.5 Å². The molecule has 88 valence electrons. The van der Waals surface area contributed by atoms with Gasteiger partial charge in [0.15, 0.2) is 0 Å². The minimum absolute atomic E-state index is 0.116. The molecule has 1 aliphatic heterocycles. The molecule has 1 saturated heterocycles. The number of aromatic nitrogens is 2. The summed E-state index contributed by atoms with van der Waals surface area (Å²) in [7, 11) is 0. The molecule has 0 spiro atoms. The Hall–Kier alpha value is -1.88. The molecule has 1 fully saturated rings. The van der Waals surface area contributed by atoms with E-state index in [9.17, 15) is 4.79 Å². The van der Waals surface area contributed by atoms with Gasteiger partial charge in [-0.3, -0.25) is 4.79 Å². The standard InChI is InChI=1S/C12H13N3O2/c16-12-11-4-2-1-3-9(11)7-13-15(12)14-10-5-6-17-8-10/h1-4,7,10,14H,5-6,8H2. The van der Waals surface area contributed by atoms with E-state index in [1.54, 1.807) is 6.20 Å². The Morgan fingerprint density at radius 1 is 1.41 bits per heavy atom. The van der Waals surface area contributed by atoms with Crippen molar-refractivity contribution in [1.82, 2.24) is 9.89 Å². The average molecular weight is 231 g/mol. The minimum Gasteiger partial charge on any atom is -0.379 e. The second-order valence-electron chi connectivity index (χ2n) is 4.14. The first-order valence-corrected chi connectivity index (χ1v) is 5.66. The molecule has 0 saturated carbocycles. The van der Waals surface area contributed by atoms with Gasteiger partial charge in [0, 0.05) is 12.0 Å². The second kappa shape index (κ2) is 4.18. The highest BCUT2D eigenvalue weighted by atomic mass is 16.5. The van der Waals surface area contributed by atoms with Crippen molar-refractivity contribution in [3.05, 3.63) is 40.8 Å². The molecule has 2 aromatic rings. The number of hydrogen-bond donors (Lipinski definition) is 1. The fraction of sp³-hybridized carbons (Fsp3) is 0.333. The van der Waals surface area contributed by atoms with Crippen molar-refractivity contribution in [1.29, 1.82) is 0 Å². The first-order valence-electron chi connectivity index (χ1n) is 5.66. The monoisotopic (exact) mass is 231 g/mol. The number of rotatable bonds is 2. The van der Waals surface area contributed by atoms with E-state index in [2.05, 4.69) is 10.5 Å². The van der Waals surface area contributed by atoms with E-state index in [0.29, 0.717) is 12.0 Å². The van der Waals surface area contributed by atoms with Gasteiger partial charge < -0.3 is 10.2 Å². The van der Waals surface area contributed by atoms with Crippen LogP contribution in [0.4, 0.5) is 0 Å². The van der Waals surface area contributed by atoms with Crippen LogP contribution in [0.5, 0.6) is 0 Å². The second-order valence-corrected chi connectivity index (χ2v) is 4.14. The van der Waals surface area contributed by atoms with Gasteiger partial charge in [0.05, 0.1) is 24.2 Å². The predicted octanol–water partition coefficient (Wildman–Crippen LogP) is 0.729. The molecule has 0 amide bonds. The van der Waals surface area contributed by atoms with Crippen molar-refractivity contribution in [3.8, 4) is 0 Å². The van der Waals surface area contributed by atoms with Gasteiger partial charge in [0.1, 0.15) is 0 Å². The molecule has 0 bridgehead atoms. The molecule has 2 heterocycles. The fourth-order valence-electron chi connectivity index (χ4n) is 1.99. The van der Waals surface area contributed by atoms with E-state index >= 15 is 0 Å². The van der Waals surface area contributed by atoms with Crippen LogP contribution in [0.2, 0.25) is 0 Å². The summed E-state index contributed by atoms with van der Waals surface area (Å²) in [6.07, 6.45) is 2.60. The Kier molecular flexibility index (Phi) is 2.53. The molecule has 1 unspecified atom stereocenters. The Labute approximate surface area is 98.0 Å². The van der Waals surface area contributed by atoms with E-state index in [1.165, 1.54) is 4.79 Å². The minimum atomic E-state index is -0.116. The summed E-state index contributed by atoms with van der Waals surface area (Å²) in [5.74, 6) is 0. The number of benzene rings is 1. The zero-order valence-corrected chi connectivity index (χ0v) is 9.30. The Morgan fingerprint density at radius 2 is 2.29 bits per heavy atom. The zero-order valence-electron chi connectivity index (χ0n) is 9.30. The lowest BCUT2D eigenvalue weighted by Gasteiger charge is -2.13. The van der Waals surface area contributed by atoms with E-state index in [0.717, 1.165) is 18.4 Å². The lowest BCUT2D eigenvalue weighted by molar-refractivity contribution is 0.194. The largest absolute Gasteiger partial charge is 0.379 e. The molecule has 1 aliphatic rings. The van der Waals surface area contributed by atoms with Gasteiger partial charge >= 0.3 is 0 Å². The maximum absolute atomic E-state index is 12.1. The fourth-order valence-corrected chi connectivity index (χ4v) is 1.99. The highest BCUT2D eigenvalue weighted by Gasteiger charge is 2.16. The van der Waals surface area contributed by atoms with E-state index in [-0.39, 0.29) is 11.6 Å². The third-order valence-electron chi connectivity index (χ3n) is 2.93. The molecule has 1 aromatic heterocycles. The Bertz CT molecular complexity index is 588. The van der Waals surface area contributed by atoms with Gasteiger partial charge in [-0.2, -0.15) is 5.10 Å². The topological polar surface area (TPSA) is 56.2 Å². The highest BCUT2D eigenvalue weighted by molar-refractivity contribution is 5.80. The van der Waals surface area contributed by atoms with Crippen LogP contribution in [-0.2, 0) is 4.74 Å². The smallest absolute Gasteiger partial charge is 0.293 e. The van der Waals surface area contributed by atoms with E-state index in [1.807, 2.05) is 24.3 Å². The molecule has 0 radical (unpaired) electrons. The summed E-state index contributed by atoms with van der Waals surface area (Å²) in [6.45, 7) is 1.36. The Balaban J connectivity index is 1.99. The van der Waals surface area contributed by atoms with Crippen LogP contribution in [0.25, 0.3) is 10.8 Å². The van der Waals surface area contributed by atoms with Crippen LogP contribution in [-0.4, -0.2) is 29.1 Å². The van der Waals surface area contributed by atoms with Crippen LogP contribution in [0.15, 0.2) is 35.3 Å². The molecule has 1 atom stereocenters. The van der Waals surface area contributed by atoms with Crippen molar-refractivity contribution in [2.24, 2.45) is 0 Å². The van der Waals surface area contributed by atoms with Gasteiger partial charge in [-0.25, -0.2) is 0 Å². The van der Waals surface area contributed by atoms with Gasteiger partial charge in [-0.15, -0.1) is 4.79 Å². The lowest BCUT2D eigenvalue weighted by atomic mass is 10.2. The van der Waals surface area contributed by atoms with Crippen LogP contribution in [0, 0.1) is 0 Å². The van der Waals surface area contributed by atoms with Crippen molar-refractivity contribution in [3.63, 3.8) is 0 Å². The van der Waals surface area contributed by atoms with Gasteiger partial charge in [0.2, 0.25) is 0 Å². The number of fused-ring (bicyclic) bond motifs is 1. The summed E-state index contributed by atoms with van der Waals surface area (Å²) in [4.78, 5) is 13.4. The molecular formula is C12H13N3O2. The molecule has 5 heteroatoms. The van der Waals surface area contributed by atoms with Gasteiger partial charge in [-0.1, -0.05) is 18.2 Å². The normalized spacial score (nSPS) is 19.6. The molecule has 3 rings (SSSR count). The first-order chi connectivity index (χ1) is 8.34. The molecule has 5 nitrogen and oxygen atoms in total. The van der Waals surface area contributed by atoms with Crippen LogP contribution in [0.1, 0.15) is 6.42 Å². The number of ether oxygens (including phenoxy) is 1. The summed E-state index contributed by atoms with van der Waals surface area (Å²) < 4.78 is 5.25. The molecule has 1 N–H and O–H groups in total. The van der Waals surface area contributed by atoms with Crippen molar-refractivity contribution in [2.45, 2.75) is 12.5 Å². The first kappa shape index (κ1) is 10.3. The average Bonchev–Trinajstić information content (AvgIpc) is 2.86. The quantitative estimate of drug-likeness (QED) is 0.827. The maximum atomic E-state index is 12.1. The molecule has 0 aliphatic carbocycles. The zero-order chi connectivity index (χ0) is 11.7. The lowest BCUT2D eigenvalue weighted by Crippen LogP contribution is -2.37. The molecular weight excluding hydrogens is 218 g/mol. The van der Waals surface area contributed by atoms with Crippen LogP contribution >= 0.6 is 0 Å². The maximum Gasteiger partial charge on any atom is 0.293 e. The number of hydrogen-bond acceptors (Lipinski definition) is 4. The molecule has 17 heavy (non-hydrogen) atoms. The number of nitrogens with one attached hydrogen (secondary N) is 1. The van der Waals surface area contributed by atoms with Gasteiger partial charge in [0.25, 0.3) is 5.56 Å². The highest BCUT2D eigenvalue weighted by Crippen LogP contribution is 2.07. The predicted molar refractivity (Wildman–Crippen MR) is 64.6 cm³/mol. The summed E-state index contributed by atoms with van der Waals surface area (Å²) in [5, 5.41) is 5.64. The SMILES string of the molecule is O=c1c2ccccc2cnn1NC1CCOC1. The summed E-state index contributed by atoms with van der Waals surface area (Å²) >= 11 is 0. The van der Waals surface area contributed by atoms with Crippen molar-refractivity contribution < 1.29 is 4.74 Å². The van der Waals surface area contributed by atoms with Crippen molar-refractivity contribution in [2.75, 3.05) is 18.6 Å². The van der Waals surface area contributed by atoms with Crippen LogP contribution in [0.3, 0.4) is 0 Å². The third-order valence-corrected chi connectivity index (χ3v) is 2.93. The third kappa shape index (κ3) is 1.89. The van der Waals surface area contributed by atoms with E-state index in [4.69, 9.17) is 4.74 Å². The summed E-state index contributed by atoms with van der Waals surface area (Å²) in [5.41, 5.74) is 2.95. The van der Waals surface area contributed by atoms with Crippen molar-refractivity contribution >= 4 is 10.8 Å². The van der Waals surface area contributed by atoms with Crippen LogP contribution < -0.4 is 11.0 Å².